The number of benzene rings is 1. The summed E-state index contributed by atoms with van der Waals surface area (Å²) in [5.74, 6) is 3.54. The molecule has 2 nitrogen and oxygen atoms in total. The van der Waals surface area contributed by atoms with Gasteiger partial charge in [-0.15, -0.1) is 0 Å². The monoisotopic (exact) mass is 548 g/mol. The molecule has 0 N–H and O–H groups in total. The van der Waals surface area contributed by atoms with Crippen molar-refractivity contribution >= 4 is 0 Å². The van der Waals surface area contributed by atoms with E-state index in [0.29, 0.717) is 12.5 Å². The lowest BCUT2D eigenvalue weighted by Crippen LogP contribution is -2.38. The second kappa shape index (κ2) is 14.5. The van der Waals surface area contributed by atoms with Gasteiger partial charge in [0, 0.05) is 6.42 Å². The zero-order valence-electron chi connectivity index (χ0n) is 27.4. The van der Waals surface area contributed by atoms with Gasteiger partial charge in [-0.2, -0.15) is 0 Å². The van der Waals surface area contributed by atoms with Gasteiger partial charge in [0.2, 0.25) is 0 Å². The van der Waals surface area contributed by atoms with Crippen molar-refractivity contribution in [2.24, 2.45) is 23.7 Å². The average Bonchev–Trinajstić information content (AvgIpc) is 3.42. The van der Waals surface area contributed by atoms with Gasteiger partial charge in [0.15, 0.2) is 0 Å². The molecule has 2 heteroatoms. The molecule has 2 aliphatic carbocycles. The normalized spacial score (nSPS) is 31.1. The average molecular weight is 549 g/mol. The SMILES string of the molecule is C=C(C)C1=CC=C(C)CC1.CC1CCC(C(C)C)CC1.Cc1ccccc1COC1C[C@]2(C(C)C)CC[C@@]1(C)O2. The Morgan fingerprint density at radius 1 is 1.00 bits per heavy atom. The molecule has 0 spiro atoms. The van der Waals surface area contributed by atoms with Crippen molar-refractivity contribution in [2.45, 2.75) is 144 Å². The van der Waals surface area contributed by atoms with Crippen LogP contribution < -0.4 is 0 Å². The summed E-state index contributed by atoms with van der Waals surface area (Å²) in [7, 11) is 0. The van der Waals surface area contributed by atoms with E-state index in [4.69, 9.17) is 9.47 Å². The Labute approximate surface area is 247 Å². The molecule has 2 aliphatic heterocycles. The van der Waals surface area contributed by atoms with Crippen LogP contribution in [0.1, 0.15) is 124 Å². The van der Waals surface area contributed by atoms with E-state index in [-0.39, 0.29) is 17.3 Å². The predicted octanol–water partition coefficient (Wildman–Crippen LogP) is 10.9. The molecule has 0 amide bonds. The lowest BCUT2D eigenvalue weighted by atomic mass is 9.75. The number of allylic oxidation sites excluding steroid dienone is 5. The fraction of sp³-hybridized carbons (Fsp3) is 0.684. The molecule has 1 aromatic carbocycles. The lowest BCUT2D eigenvalue weighted by Gasteiger charge is -2.31. The first kappa shape index (κ1) is 32.9. The van der Waals surface area contributed by atoms with Crippen LogP contribution >= 0.6 is 0 Å². The maximum Gasteiger partial charge on any atom is 0.0924 e. The zero-order valence-corrected chi connectivity index (χ0v) is 27.4. The molecule has 5 rings (SSSR count). The molecule has 3 atom stereocenters. The van der Waals surface area contributed by atoms with Crippen LogP contribution in [0, 0.1) is 30.6 Å². The molecule has 2 saturated heterocycles. The summed E-state index contributed by atoms with van der Waals surface area (Å²) in [6, 6.07) is 8.46. The van der Waals surface area contributed by atoms with Crippen LogP contribution in [0.3, 0.4) is 0 Å². The lowest BCUT2D eigenvalue weighted by molar-refractivity contribution is -0.0960. The molecule has 224 valence electrons. The third-order valence-electron chi connectivity index (χ3n) is 10.4. The van der Waals surface area contributed by atoms with E-state index in [1.807, 2.05) is 0 Å². The van der Waals surface area contributed by atoms with E-state index in [9.17, 15) is 0 Å². The van der Waals surface area contributed by atoms with Crippen LogP contribution in [0.5, 0.6) is 0 Å². The summed E-state index contributed by atoms with van der Waals surface area (Å²) in [5, 5.41) is 0. The molecule has 4 aliphatic rings. The number of ether oxygens (including phenoxy) is 2. The van der Waals surface area contributed by atoms with Crippen molar-refractivity contribution in [3.05, 3.63) is 70.8 Å². The van der Waals surface area contributed by atoms with Gasteiger partial charge in [0.1, 0.15) is 0 Å². The molecule has 1 saturated carbocycles. The largest absolute Gasteiger partial charge is 0.370 e. The third kappa shape index (κ3) is 8.68. The first-order chi connectivity index (χ1) is 18.8. The zero-order chi connectivity index (χ0) is 29.5. The maximum atomic E-state index is 6.42. The Kier molecular flexibility index (Phi) is 11.9. The Bertz CT molecular complexity index is 1020. The number of hydrogen-bond donors (Lipinski definition) is 0. The van der Waals surface area contributed by atoms with Gasteiger partial charge < -0.3 is 9.47 Å². The van der Waals surface area contributed by atoms with E-state index in [2.05, 4.69) is 105 Å². The number of rotatable bonds is 6. The summed E-state index contributed by atoms with van der Waals surface area (Å²) < 4.78 is 12.7. The number of aryl methyl sites for hydroxylation is 1. The Morgan fingerprint density at radius 3 is 2.20 bits per heavy atom. The molecule has 1 aromatic rings. The highest BCUT2D eigenvalue weighted by atomic mass is 16.6. The van der Waals surface area contributed by atoms with Crippen molar-refractivity contribution in [1.29, 1.82) is 0 Å². The van der Waals surface area contributed by atoms with Crippen molar-refractivity contribution in [3.63, 3.8) is 0 Å². The first-order valence-electron chi connectivity index (χ1n) is 16.2. The molecule has 0 radical (unpaired) electrons. The quantitative estimate of drug-likeness (QED) is 0.352. The smallest absolute Gasteiger partial charge is 0.0924 e. The van der Waals surface area contributed by atoms with E-state index >= 15 is 0 Å². The number of hydrogen-bond acceptors (Lipinski definition) is 2. The number of fused-ring (bicyclic) bond motifs is 2. The third-order valence-corrected chi connectivity index (χ3v) is 10.4. The highest BCUT2D eigenvalue weighted by molar-refractivity contribution is 5.34. The van der Waals surface area contributed by atoms with Crippen molar-refractivity contribution in [1.82, 2.24) is 0 Å². The second-order valence-electron chi connectivity index (χ2n) is 14.3. The van der Waals surface area contributed by atoms with Crippen LogP contribution in [0.4, 0.5) is 0 Å². The fourth-order valence-electron chi connectivity index (χ4n) is 6.82. The van der Waals surface area contributed by atoms with Crippen LogP contribution in [-0.2, 0) is 16.1 Å². The molecule has 1 unspecified atom stereocenters. The van der Waals surface area contributed by atoms with Crippen LogP contribution in [0.15, 0.2) is 59.7 Å². The summed E-state index contributed by atoms with van der Waals surface area (Å²) in [6.45, 7) is 24.9. The Balaban J connectivity index is 0.000000185. The summed E-state index contributed by atoms with van der Waals surface area (Å²) in [4.78, 5) is 0. The molecule has 2 bridgehead atoms. The summed E-state index contributed by atoms with van der Waals surface area (Å²) >= 11 is 0. The highest BCUT2D eigenvalue weighted by Gasteiger charge is 2.60. The fourth-order valence-corrected chi connectivity index (χ4v) is 6.82. The topological polar surface area (TPSA) is 18.5 Å². The van der Waals surface area contributed by atoms with Gasteiger partial charge in [-0.05, 0) is 107 Å². The van der Waals surface area contributed by atoms with Gasteiger partial charge in [0.05, 0.1) is 23.9 Å². The van der Waals surface area contributed by atoms with E-state index in [0.717, 1.165) is 30.6 Å². The van der Waals surface area contributed by atoms with Crippen molar-refractivity contribution in [3.8, 4) is 0 Å². The minimum atomic E-state index is -0.0764. The maximum absolute atomic E-state index is 6.42. The van der Waals surface area contributed by atoms with E-state index < -0.39 is 0 Å². The van der Waals surface area contributed by atoms with E-state index in [1.165, 1.54) is 72.8 Å². The van der Waals surface area contributed by atoms with Gasteiger partial charge in [-0.25, -0.2) is 0 Å². The van der Waals surface area contributed by atoms with Gasteiger partial charge >= 0.3 is 0 Å². The van der Waals surface area contributed by atoms with Crippen molar-refractivity contribution < 1.29 is 9.47 Å². The first-order valence-corrected chi connectivity index (χ1v) is 16.2. The van der Waals surface area contributed by atoms with Gasteiger partial charge in [-0.3, -0.25) is 0 Å². The highest BCUT2D eigenvalue weighted by Crippen LogP contribution is 2.55. The molecule has 0 aromatic heterocycles. The van der Waals surface area contributed by atoms with Crippen molar-refractivity contribution in [2.75, 3.05) is 0 Å². The van der Waals surface area contributed by atoms with Crippen LogP contribution in [0.2, 0.25) is 0 Å². The Hall–Kier alpha value is -1.64. The molecular weight excluding hydrogens is 488 g/mol. The predicted molar refractivity (Wildman–Crippen MR) is 173 cm³/mol. The van der Waals surface area contributed by atoms with Gasteiger partial charge in [-0.1, -0.05) is 102 Å². The van der Waals surface area contributed by atoms with Crippen LogP contribution in [0.25, 0.3) is 0 Å². The minimum absolute atomic E-state index is 0.0607. The second-order valence-corrected chi connectivity index (χ2v) is 14.3. The summed E-state index contributed by atoms with van der Waals surface area (Å²) in [6.07, 6.45) is 16.3. The standard InChI is InChI=1S/C18H26O2.C10H20.C10H14/c1-13(2)18-10-9-17(4,20-18)16(11-18)19-12-15-8-6-5-7-14(15)3;2*1-8(2)10-6-4-9(3)5-7-10/h5-8,13,16H,9-12H2,1-4H3;8-10H,4-7H2,1-3H3;4,6H,1,5,7H2,2-3H3/t16?,17-,18+;;/m1../s1. The molecule has 40 heavy (non-hydrogen) atoms. The van der Waals surface area contributed by atoms with Gasteiger partial charge in [0.25, 0.3) is 0 Å². The molecular formula is C38H60O2. The minimum Gasteiger partial charge on any atom is -0.370 e. The molecule has 3 fully saturated rings. The molecule has 2 heterocycles. The van der Waals surface area contributed by atoms with Crippen LogP contribution in [-0.4, -0.2) is 17.3 Å². The Morgan fingerprint density at radius 2 is 1.68 bits per heavy atom. The van der Waals surface area contributed by atoms with E-state index in [1.54, 1.807) is 0 Å². The summed E-state index contributed by atoms with van der Waals surface area (Å²) in [5.41, 5.74) is 6.68.